The summed E-state index contributed by atoms with van der Waals surface area (Å²) in [5.74, 6) is 0. The highest BCUT2D eigenvalue weighted by Crippen LogP contribution is 2.06. The van der Waals surface area contributed by atoms with Gasteiger partial charge in [-0.15, -0.1) is 0 Å². The Morgan fingerprint density at radius 3 is 2.69 bits per heavy atom. The maximum Gasteiger partial charge on any atom is 0.0762 e. The van der Waals surface area contributed by atoms with E-state index in [4.69, 9.17) is 0 Å². The van der Waals surface area contributed by atoms with Crippen molar-refractivity contribution in [2.24, 2.45) is 7.05 Å². The van der Waals surface area contributed by atoms with Crippen molar-refractivity contribution in [1.29, 1.82) is 0 Å². The lowest BCUT2D eigenvalue weighted by molar-refractivity contribution is 0.655. The van der Waals surface area contributed by atoms with E-state index in [1.807, 2.05) is 24.0 Å². The van der Waals surface area contributed by atoms with Crippen LogP contribution in [0, 0.1) is 6.92 Å². The molecule has 0 bridgehead atoms. The van der Waals surface area contributed by atoms with Gasteiger partial charge >= 0.3 is 0 Å². The monoisotopic (exact) mass is 215 g/mol. The predicted octanol–water partition coefficient (Wildman–Crippen LogP) is 2.02. The van der Waals surface area contributed by atoms with Gasteiger partial charge in [0.2, 0.25) is 0 Å². The number of hydrogen-bond acceptors (Lipinski definition) is 2. The van der Waals surface area contributed by atoms with Crippen molar-refractivity contribution < 1.29 is 0 Å². The summed E-state index contributed by atoms with van der Waals surface area (Å²) in [5.41, 5.74) is 3.76. The lowest BCUT2D eigenvalue weighted by atomic mass is 10.1. The van der Waals surface area contributed by atoms with E-state index in [-0.39, 0.29) is 0 Å². The summed E-state index contributed by atoms with van der Waals surface area (Å²) >= 11 is 0. The van der Waals surface area contributed by atoms with Crippen molar-refractivity contribution in [1.82, 2.24) is 15.1 Å². The molecule has 2 aromatic rings. The van der Waals surface area contributed by atoms with Crippen molar-refractivity contribution >= 4 is 0 Å². The first-order valence-electron chi connectivity index (χ1n) is 5.49. The van der Waals surface area contributed by atoms with Gasteiger partial charge in [-0.05, 0) is 24.1 Å². The van der Waals surface area contributed by atoms with E-state index in [0.717, 1.165) is 18.8 Å². The summed E-state index contributed by atoms with van der Waals surface area (Å²) in [6, 6.07) is 10.5. The molecule has 3 nitrogen and oxygen atoms in total. The van der Waals surface area contributed by atoms with Gasteiger partial charge in [0, 0.05) is 26.3 Å². The third-order valence-electron chi connectivity index (χ3n) is 2.65. The van der Waals surface area contributed by atoms with Crippen molar-refractivity contribution in [3.63, 3.8) is 0 Å². The van der Waals surface area contributed by atoms with Crippen LogP contribution in [0.2, 0.25) is 0 Å². The second-order valence-electron chi connectivity index (χ2n) is 4.01. The molecule has 0 radical (unpaired) electrons. The zero-order chi connectivity index (χ0) is 11.4. The molecule has 0 aliphatic heterocycles. The van der Waals surface area contributed by atoms with Crippen LogP contribution in [0.4, 0.5) is 0 Å². The van der Waals surface area contributed by atoms with Crippen LogP contribution in [0.5, 0.6) is 0 Å². The summed E-state index contributed by atoms with van der Waals surface area (Å²) < 4.78 is 1.82. The van der Waals surface area contributed by atoms with Gasteiger partial charge in [0.05, 0.1) is 5.69 Å². The van der Waals surface area contributed by atoms with Gasteiger partial charge in [-0.25, -0.2) is 0 Å². The largest absolute Gasteiger partial charge is 0.307 e. The topological polar surface area (TPSA) is 29.9 Å². The Hall–Kier alpha value is -1.61. The van der Waals surface area contributed by atoms with Crippen LogP contribution in [0.3, 0.4) is 0 Å². The number of benzene rings is 1. The van der Waals surface area contributed by atoms with Crippen LogP contribution in [-0.4, -0.2) is 9.78 Å². The maximum atomic E-state index is 4.32. The molecule has 0 unspecified atom stereocenters. The molecule has 84 valence electrons. The van der Waals surface area contributed by atoms with Gasteiger partial charge in [0.15, 0.2) is 0 Å². The molecule has 0 spiro atoms. The lowest BCUT2D eigenvalue weighted by Gasteiger charge is -2.06. The predicted molar refractivity (Wildman–Crippen MR) is 64.9 cm³/mol. The molecule has 0 fully saturated rings. The molecule has 0 saturated heterocycles. The maximum absolute atomic E-state index is 4.32. The number of aromatic nitrogens is 2. The smallest absolute Gasteiger partial charge is 0.0762 e. The number of nitrogens with one attached hydrogen (secondary N) is 1. The van der Waals surface area contributed by atoms with Gasteiger partial charge in [0.1, 0.15) is 0 Å². The van der Waals surface area contributed by atoms with Gasteiger partial charge < -0.3 is 5.32 Å². The Balaban J connectivity index is 1.87. The van der Waals surface area contributed by atoms with E-state index < -0.39 is 0 Å². The Bertz CT molecular complexity index is 460. The molecule has 0 aliphatic rings. The van der Waals surface area contributed by atoms with Crippen LogP contribution in [0.15, 0.2) is 36.5 Å². The summed E-state index contributed by atoms with van der Waals surface area (Å²) in [7, 11) is 1.94. The van der Waals surface area contributed by atoms with Crippen molar-refractivity contribution in [2.75, 3.05) is 0 Å². The van der Waals surface area contributed by atoms with Crippen molar-refractivity contribution in [2.45, 2.75) is 20.0 Å². The lowest BCUT2D eigenvalue weighted by Crippen LogP contribution is -2.14. The summed E-state index contributed by atoms with van der Waals surface area (Å²) in [6.45, 7) is 3.84. The van der Waals surface area contributed by atoms with E-state index in [0.29, 0.717) is 0 Å². The number of nitrogens with zero attached hydrogens (tertiary/aromatic N) is 2. The summed E-state index contributed by atoms with van der Waals surface area (Å²) in [6.07, 6.45) is 1.96. The molecule has 2 rings (SSSR count). The van der Waals surface area contributed by atoms with Gasteiger partial charge in [-0.3, -0.25) is 4.68 Å². The second kappa shape index (κ2) is 4.94. The second-order valence-corrected chi connectivity index (χ2v) is 4.01. The SMILES string of the molecule is Cc1ccccc1CNCc1ccn(C)n1. The minimum absolute atomic E-state index is 0.815. The molecule has 1 aromatic carbocycles. The van der Waals surface area contributed by atoms with E-state index in [9.17, 15) is 0 Å². The summed E-state index contributed by atoms with van der Waals surface area (Å²) in [5, 5.41) is 7.71. The number of aryl methyl sites for hydroxylation is 2. The molecule has 1 aromatic heterocycles. The molecule has 0 atom stereocenters. The van der Waals surface area contributed by atoms with Crippen LogP contribution >= 0.6 is 0 Å². The van der Waals surface area contributed by atoms with Gasteiger partial charge in [-0.1, -0.05) is 24.3 Å². The normalized spacial score (nSPS) is 10.6. The Labute approximate surface area is 96.1 Å². The van der Waals surface area contributed by atoms with E-state index in [1.165, 1.54) is 11.1 Å². The zero-order valence-electron chi connectivity index (χ0n) is 9.77. The quantitative estimate of drug-likeness (QED) is 0.845. The standard InChI is InChI=1S/C13H17N3/c1-11-5-3-4-6-12(11)9-14-10-13-7-8-16(2)15-13/h3-8,14H,9-10H2,1-2H3. The molecular formula is C13H17N3. The molecule has 16 heavy (non-hydrogen) atoms. The highest BCUT2D eigenvalue weighted by atomic mass is 15.3. The third-order valence-corrected chi connectivity index (χ3v) is 2.65. The minimum atomic E-state index is 0.815. The molecule has 0 saturated carbocycles. The first-order valence-corrected chi connectivity index (χ1v) is 5.49. The average molecular weight is 215 g/mol. The van der Waals surface area contributed by atoms with Gasteiger partial charge in [-0.2, -0.15) is 5.10 Å². The Kier molecular flexibility index (Phi) is 3.37. The molecule has 0 amide bonds. The van der Waals surface area contributed by atoms with E-state index >= 15 is 0 Å². The fraction of sp³-hybridized carbons (Fsp3) is 0.308. The molecular weight excluding hydrogens is 198 g/mol. The van der Waals surface area contributed by atoms with E-state index in [2.05, 4.69) is 41.6 Å². The van der Waals surface area contributed by atoms with Crippen LogP contribution in [-0.2, 0) is 20.1 Å². The fourth-order valence-corrected chi connectivity index (χ4v) is 1.69. The Morgan fingerprint density at radius 2 is 2.00 bits per heavy atom. The number of rotatable bonds is 4. The average Bonchev–Trinajstić information content (AvgIpc) is 2.67. The van der Waals surface area contributed by atoms with Crippen LogP contribution < -0.4 is 5.32 Å². The number of hydrogen-bond donors (Lipinski definition) is 1. The molecule has 1 heterocycles. The third kappa shape index (κ3) is 2.70. The molecule has 1 N–H and O–H groups in total. The Morgan fingerprint density at radius 1 is 1.19 bits per heavy atom. The minimum Gasteiger partial charge on any atom is -0.307 e. The van der Waals surface area contributed by atoms with Gasteiger partial charge in [0.25, 0.3) is 0 Å². The highest BCUT2D eigenvalue weighted by molar-refractivity contribution is 5.25. The highest BCUT2D eigenvalue weighted by Gasteiger charge is 1.98. The van der Waals surface area contributed by atoms with Crippen LogP contribution in [0.25, 0.3) is 0 Å². The first-order chi connectivity index (χ1) is 7.75. The van der Waals surface area contributed by atoms with E-state index in [1.54, 1.807) is 0 Å². The summed E-state index contributed by atoms with van der Waals surface area (Å²) in [4.78, 5) is 0. The zero-order valence-corrected chi connectivity index (χ0v) is 9.77. The molecule has 0 aliphatic carbocycles. The first kappa shape index (κ1) is 10.9. The fourth-order valence-electron chi connectivity index (χ4n) is 1.69. The van der Waals surface area contributed by atoms with Crippen LogP contribution in [0.1, 0.15) is 16.8 Å². The van der Waals surface area contributed by atoms with Crippen molar-refractivity contribution in [3.8, 4) is 0 Å². The molecule has 3 heteroatoms. The van der Waals surface area contributed by atoms with Crippen molar-refractivity contribution in [3.05, 3.63) is 53.3 Å².